The Hall–Kier alpha value is -2.32. The summed E-state index contributed by atoms with van der Waals surface area (Å²) in [6.45, 7) is 0. The zero-order chi connectivity index (χ0) is 17.4. The SMILES string of the molecule is CSC1=NN2C(=c3cc(Br)ccc3=N[C@H]2/C=C/c2ccco2)C(=O)N1. The molecule has 2 aliphatic heterocycles. The second-order valence-electron chi connectivity index (χ2n) is 5.34. The standard InChI is InChI=1S/C17H13BrN4O2S/c1-25-17-20-16(23)15-12-9-10(18)4-6-13(12)19-14(22(15)21-17)7-5-11-3-2-8-24-11/h2-9,14H,1H3,(H,20,21,23)/b7-5+/t14-/m1/s1. The van der Waals surface area contributed by atoms with Crippen molar-refractivity contribution in [2.75, 3.05) is 6.26 Å². The number of hydrogen-bond acceptors (Lipinski definition) is 6. The Kier molecular flexibility index (Phi) is 4.22. The zero-order valence-electron chi connectivity index (χ0n) is 13.1. The first-order chi connectivity index (χ1) is 12.2. The molecule has 0 fully saturated rings. The van der Waals surface area contributed by atoms with E-state index >= 15 is 0 Å². The van der Waals surface area contributed by atoms with Crippen LogP contribution in [0, 0.1) is 0 Å². The number of carbonyl (C=O) groups is 1. The second-order valence-corrected chi connectivity index (χ2v) is 7.05. The van der Waals surface area contributed by atoms with Gasteiger partial charge in [-0.05, 0) is 48.7 Å². The molecule has 1 aromatic heterocycles. The van der Waals surface area contributed by atoms with Gasteiger partial charge in [-0.15, -0.1) is 5.10 Å². The fourth-order valence-corrected chi connectivity index (χ4v) is 3.39. The molecule has 6 nitrogen and oxygen atoms in total. The lowest BCUT2D eigenvalue weighted by atomic mass is 10.1. The van der Waals surface area contributed by atoms with Gasteiger partial charge in [0.25, 0.3) is 5.91 Å². The Bertz CT molecular complexity index is 1010. The van der Waals surface area contributed by atoms with Gasteiger partial charge in [-0.3, -0.25) is 15.1 Å². The molecule has 0 spiro atoms. The van der Waals surface area contributed by atoms with Crippen LogP contribution in [0.1, 0.15) is 5.76 Å². The van der Waals surface area contributed by atoms with E-state index in [1.54, 1.807) is 11.3 Å². The normalized spacial score (nSPS) is 19.2. The van der Waals surface area contributed by atoms with Gasteiger partial charge in [0.1, 0.15) is 11.5 Å². The molecule has 2 aliphatic rings. The Morgan fingerprint density at radius 3 is 3.04 bits per heavy atom. The van der Waals surface area contributed by atoms with Crippen molar-refractivity contribution in [2.24, 2.45) is 10.1 Å². The van der Waals surface area contributed by atoms with Crippen molar-refractivity contribution in [2.45, 2.75) is 6.17 Å². The van der Waals surface area contributed by atoms with Crippen LogP contribution in [0.4, 0.5) is 0 Å². The average Bonchev–Trinajstić information content (AvgIpc) is 3.13. The highest BCUT2D eigenvalue weighted by atomic mass is 79.9. The maximum atomic E-state index is 12.7. The first-order valence-electron chi connectivity index (χ1n) is 7.48. The maximum absolute atomic E-state index is 12.7. The maximum Gasteiger partial charge on any atom is 0.276 e. The third-order valence-electron chi connectivity index (χ3n) is 3.77. The van der Waals surface area contributed by atoms with Crippen LogP contribution in [0.15, 0.2) is 61.7 Å². The van der Waals surface area contributed by atoms with E-state index in [9.17, 15) is 4.79 Å². The van der Waals surface area contributed by atoms with Gasteiger partial charge in [-0.25, -0.2) is 5.01 Å². The highest BCUT2D eigenvalue weighted by molar-refractivity contribution is 9.10. The van der Waals surface area contributed by atoms with Gasteiger partial charge in [0.15, 0.2) is 11.3 Å². The molecule has 3 heterocycles. The van der Waals surface area contributed by atoms with Crippen LogP contribution < -0.4 is 15.9 Å². The van der Waals surface area contributed by atoms with Gasteiger partial charge in [0.2, 0.25) is 0 Å². The minimum absolute atomic E-state index is 0.190. The molecular weight excluding hydrogens is 404 g/mol. The van der Waals surface area contributed by atoms with E-state index in [1.807, 2.05) is 48.7 Å². The molecule has 0 saturated heterocycles. The van der Waals surface area contributed by atoms with Gasteiger partial charge < -0.3 is 4.42 Å². The van der Waals surface area contributed by atoms with Gasteiger partial charge in [-0.1, -0.05) is 27.7 Å². The number of nitrogens with one attached hydrogen (secondary N) is 1. The number of carbonyl (C=O) groups excluding carboxylic acids is 1. The molecule has 126 valence electrons. The number of rotatable bonds is 2. The largest absolute Gasteiger partial charge is 0.465 e. The number of nitrogens with zero attached hydrogens (tertiary/aromatic N) is 3. The number of halogens is 1. The number of benzene rings is 1. The van der Waals surface area contributed by atoms with E-state index < -0.39 is 6.17 Å². The molecule has 0 unspecified atom stereocenters. The smallest absolute Gasteiger partial charge is 0.276 e. The van der Waals surface area contributed by atoms with E-state index in [0.29, 0.717) is 16.6 Å². The van der Waals surface area contributed by atoms with E-state index in [1.165, 1.54) is 11.8 Å². The summed E-state index contributed by atoms with van der Waals surface area (Å²) in [5.41, 5.74) is 0.484. The lowest BCUT2D eigenvalue weighted by Crippen LogP contribution is -2.52. The highest BCUT2D eigenvalue weighted by Crippen LogP contribution is 2.21. The average molecular weight is 417 g/mol. The van der Waals surface area contributed by atoms with Gasteiger partial charge in [0, 0.05) is 9.69 Å². The summed E-state index contributed by atoms with van der Waals surface area (Å²) in [7, 11) is 0. The molecular formula is C17H13BrN4O2S. The quantitative estimate of drug-likeness (QED) is 0.811. The summed E-state index contributed by atoms with van der Waals surface area (Å²) in [4.78, 5) is 17.4. The molecule has 0 aliphatic carbocycles. The Morgan fingerprint density at radius 2 is 2.28 bits per heavy atom. The molecule has 1 N–H and O–H groups in total. The summed E-state index contributed by atoms with van der Waals surface area (Å²) >= 11 is 4.83. The minimum Gasteiger partial charge on any atom is -0.465 e. The molecule has 1 amide bonds. The van der Waals surface area contributed by atoms with Crippen molar-refractivity contribution in [3.05, 3.63) is 63.5 Å². The van der Waals surface area contributed by atoms with Crippen LogP contribution in [-0.2, 0) is 4.79 Å². The zero-order valence-corrected chi connectivity index (χ0v) is 15.5. The predicted octanol–water partition coefficient (Wildman–Crippen LogP) is 1.89. The van der Waals surface area contributed by atoms with Crippen LogP contribution in [0.25, 0.3) is 11.8 Å². The Labute approximate surface area is 156 Å². The number of hydrazone groups is 1. The monoisotopic (exact) mass is 416 g/mol. The first kappa shape index (κ1) is 16.2. The summed E-state index contributed by atoms with van der Waals surface area (Å²) in [5, 5.41) is 11.0. The van der Waals surface area contributed by atoms with Crippen molar-refractivity contribution >= 4 is 50.5 Å². The summed E-state index contributed by atoms with van der Waals surface area (Å²) < 4.78 is 6.21. The van der Waals surface area contributed by atoms with Crippen molar-refractivity contribution < 1.29 is 9.21 Å². The van der Waals surface area contributed by atoms with Crippen molar-refractivity contribution in [3.63, 3.8) is 0 Å². The summed E-state index contributed by atoms with van der Waals surface area (Å²) in [6, 6.07) is 9.35. The lowest BCUT2D eigenvalue weighted by molar-refractivity contribution is -0.116. The van der Waals surface area contributed by atoms with Crippen LogP contribution in [0.2, 0.25) is 0 Å². The van der Waals surface area contributed by atoms with E-state index in [2.05, 4.69) is 26.3 Å². The molecule has 1 aromatic carbocycles. The number of fused-ring (bicyclic) bond motifs is 2. The predicted molar refractivity (Wildman–Crippen MR) is 101 cm³/mol. The number of amides is 1. The molecule has 4 rings (SSSR count). The topological polar surface area (TPSA) is 70.2 Å². The fourth-order valence-electron chi connectivity index (χ4n) is 2.66. The van der Waals surface area contributed by atoms with E-state index in [0.717, 1.165) is 15.0 Å². The third kappa shape index (κ3) is 3.03. The van der Waals surface area contributed by atoms with Crippen molar-refractivity contribution in [1.82, 2.24) is 10.3 Å². The molecule has 8 heteroatoms. The van der Waals surface area contributed by atoms with Crippen LogP contribution >= 0.6 is 27.7 Å². The Morgan fingerprint density at radius 1 is 1.40 bits per heavy atom. The summed E-state index contributed by atoms with van der Waals surface area (Å²) in [5.74, 6) is 0.527. The lowest BCUT2D eigenvalue weighted by Gasteiger charge is -2.32. The molecule has 0 bridgehead atoms. The molecule has 0 saturated carbocycles. The molecule has 1 atom stereocenters. The molecule has 2 aromatic rings. The summed E-state index contributed by atoms with van der Waals surface area (Å²) in [6.07, 6.45) is 6.74. The van der Waals surface area contributed by atoms with Crippen LogP contribution in [0.3, 0.4) is 0 Å². The highest BCUT2D eigenvalue weighted by Gasteiger charge is 2.32. The van der Waals surface area contributed by atoms with Crippen LogP contribution in [0.5, 0.6) is 0 Å². The number of furan rings is 1. The Balaban J connectivity index is 1.89. The minimum atomic E-state index is -0.429. The van der Waals surface area contributed by atoms with E-state index in [4.69, 9.17) is 9.41 Å². The number of hydrogen-bond donors (Lipinski definition) is 1. The molecule has 0 radical (unpaired) electrons. The first-order valence-corrected chi connectivity index (χ1v) is 9.50. The van der Waals surface area contributed by atoms with E-state index in [-0.39, 0.29) is 5.91 Å². The van der Waals surface area contributed by atoms with Crippen LogP contribution in [-0.4, -0.2) is 28.5 Å². The van der Waals surface area contributed by atoms with Crippen molar-refractivity contribution in [1.29, 1.82) is 0 Å². The van der Waals surface area contributed by atoms with Crippen molar-refractivity contribution in [3.8, 4) is 0 Å². The molecule has 25 heavy (non-hydrogen) atoms. The number of amidine groups is 1. The van der Waals surface area contributed by atoms with Gasteiger partial charge >= 0.3 is 0 Å². The third-order valence-corrected chi connectivity index (χ3v) is 4.83. The number of thioether (sulfide) groups is 1. The fraction of sp³-hybridized carbons (Fsp3) is 0.118. The van der Waals surface area contributed by atoms with Gasteiger partial charge in [0.05, 0.1) is 11.6 Å². The second kappa shape index (κ2) is 6.53. The van der Waals surface area contributed by atoms with Gasteiger partial charge in [-0.2, -0.15) is 0 Å².